The SMILES string of the molecule is CCOC(=O)c1cc(Oc2cccc(Cl)c2)ccc1N. The molecule has 104 valence electrons. The molecule has 4 nitrogen and oxygen atoms in total. The van der Waals surface area contributed by atoms with Crippen molar-refractivity contribution in [2.45, 2.75) is 6.92 Å². The molecule has 2 aromatic rings. The van der Waals surface area contributed by atoms with Crippen molar-refractivity contribution >= 4 is 23.3 Å². The molecular formula is C15H14ClNO3. The molecule has 20 heavy (non-hydrogen) atoms. The molecule has 0 heterocycles. The number of carbonyl (C=O) groups is 1. The van der Waals surface area contributed by atoms with Crippen LogP contribution < -0.4 is 10.5 Å². The summed E-state index contributed by atoms with van der Waals surface area (Å²) in [5.41, 5.74) is 6.39. The van der Waals surface area contributed by atoms with Crippen LogP contribution in [0.25, 0.3) is 0 Å². The van der Waals surface area contributed by atoms with Crippen LogP contribution in [-0.4, -0.2) is 12.6 Å². The molecule has 0 radical (unpaired) electrons. The first-order valence-electron chi connectivity index (χ1n) is 6.10. The van der Waals surface area contributed by atoms with Gasteiger partial charge >= 0.3 is 5.97 Å². The third-order valence-electron chi connectivity index (χ3n) is 2.55. The van der Waals surface area contributed by atoms with Crippen LogP contribution in [0.3, 0.4) is 0 Å². The lowest BCUT2D eigenvalue weighted by Gasteiger charge is -2.09. The van der Waals surface area contributed by atoms with Crippen molar-refractivity contribution < 1.29 is 14.3 Å². The van der Waals surface area contributed by atoms with Crippen molar-refractivity contribution in [1.29, 1.82) is 0 Å². The molecule has 2 aromatic carbocycles. The Labute approximate surface area is 122 Å². The summed E-state index contributed by atoms with van der Waals surface area (Å²) < 4.78 is 10.6. The van der Waals surface area contributed by atoms with Gasteiger partial charge in [-0.05, 0) is 43.3 Å². The van der Waals surface area contributed by atoms with Crippen molar-refractivity contribution in [3.05, 3.63) is 53.1 Å². The summed E-state index contributed by atoms with van der Waals surface area (Å²) in [5.74, 6) is 0.600. The van der Waals surface area contributed by atoms with Gasteiger partial charge < -0.3 is 15.2 Å². The Morgan fingerprint density at radius 1 is 1.20 bits per heavy atom. The van der Waals surface area contributed by atoms with Gasteiger partial charge in [0.2, 0.25) is 0 Å². The molecule has 2 N–H and O–H groups in total. The number of rotatable bonds is 4. The Bertz CT molecular complexity index is 628. The minimum absolute atomic E-state index is 0.284. The first kappa shape index (κ1) is 14.2. The third-order valence-corrected chi connectivity index (χ3v) is 2.79. The highest BCUT2D eigenvalue weighted by molar-refractivity contribution is 6.30. The number of benzene rings is 2. The van der Waals surface area contributed by atoms with Gasteiger partial charge in [0.25, 0.3) is 0 Å². The van der Waals surface area contributed by atoms with E-state index in [2.05, 4.69) is 0 Å². The smallest absolute Gasteiger partial charge is 0.340 e. The predicted molar refractivity (Wildman–Crippen MR) is 78.3 cm³/mol. The van der Waals surface area contributed by atoms with Crippen LogP contribution in [0.2, 0.25) is 5.02 Å². The molecule has 0 aromatic heterocycles. The average molecular weight is 292 g/mol. The van der Waals surface area contributed by atoms with Gasteiger partial charge in [-0.25, -0.2) is 4.79 Å². The van der Waals surface area contributed by atoms with Crippen molar-refractivity contribution in [3.8, 4) is 11.5 Å². The van der Waals surface area contributed by atoms with Gasteiger partial charge in [-0.15, -0.1) is 0 Å². The first-order chi connectivity index (χ1) is 9.60. The topological polar surface area (TPSA) is 61.5 Å². The fraction of sp³-hybridized carbons (Fsp3) is 0.133. The molecule has 0 aliphatic rings. The van der Waals surface area contributed by atoms with E-state index in [9.17, 15) is 4.79 Å². The van der Waals surface area contributed by atoms with Crippen LogP contribution in [0.15, 0.2) is 42.5 Å². The quantitative estimate of drug-likeness (QED) is 0.686. The van der Waals surface area contributed by atoms with E-state index in [1.54, 1.807) is 49.4 Å². The fourth-order valence-electron chi connectivity index (χ4n) is 1.65. The largest absolute Gasteiger partial charge is 0.462 e. The van der Waals surface area contributed by atoms with Crippen LogP contribution in [0.1, 0.15) is 17.3 Å². The average Bonchev–Trinajstić information content (AvgIpc) is 2.41. The van der Waals surface area contributed by atoms with E-state index in [0.717, 1.165) is 0 Å². The van der Waals surface area contributed by atoms with Gasteiger partial charge in [-0.2, -0.15) is 0 Å². The molecule has 0 bridgehead atoms. The summed E-state index contributed by atoms with van der Waals surface area (Å²) in [6, 6.07) is 11.8. The Morgan fingerprint density at radius 2 is 1.95 bits per heavy atom. The number of carbonyl (C=O) groups excluding carboxylic acids is 1. The van der Waals surface area contributed by atoms with Crippen LogP contribution in [0, 0.1) is 0 Å². The van der Waals surface area contributed by atoms with Crippen molar-refractivity contribution in [2.24, 2.45) is 0 Å². The zero-order chi connectivity index (χ0) is 14.5. The first-order valence-corrected chi connectivity index (χ1v) is 6.48. The molecule has 0 unspecified atom stereocenters. The van der Waals surface area contributed by atoms with E-state index < -0.39 is 5.97 Å². The summed E-state index contributed by atoms with van der Waals surface area (Å²) in [6.07, 6.45) is 0. The maximum absolute atomic E-state index is 11.7. The number of anilines is 1. The fourth-order valence-corrected chi connectivity index (χ4v) is 1.83. The predicted octanol–water partition coefficient (Wildman–Crippen LogP) is 3.89. The Kier molecular flexibility index (Phi) is 4.48. The number of ether oxygens (including phenoxy) is 2. The zero-order valence-electron chi connectivity index (χ0n) is 10.9. The number of hydrogen-bond acceptors (Lipinski definition) is 4. The molecule has 2 rings (SSSR count). The van der Waals surface area contributed by atoms with Crippen LogP contribution in [0.5, 0.6) is 11.5 Å². The van der Waals surface area contributed by atoms with Crippen LogP contribution in [-0.2, 0) is 4.74 Å². The summed E-state index contributed by atoms with van der Waals surface area (Å²) in [7, 11) is 0. The molecule has 0 saturated carbocycles. The van der Waals surface area contributed by atoms with E-state index in [1.807, 2.05) is 0 Å². The highest BCUT2D eigenvalue weighted by atomic mass is 35.5. The second-order valence-electron chi connectivity index (χ2n) is 4.03. The van der Waals surface area contributed by atoms with Gasteiger partial charge in [0.05, 0.1) is 12.2 Å². The Balaban J connectivity index is 2.25. The molecular weight excluding hydrogens is 278 g/mol. The van der Waals surface area contributed by atoms with Crippen molar-refractivity contribution in [2.75, 3.05) is 12.3 Å². The number of nitrogens with two attached hydrogens (primary N) is 1. The molecule has 0 spiro atoms. The lowest BCUT2D eigenvalue weighted by atomic mass is 10.1. The lowest BCUT2D eigenvalue weighted by Crippen LogP contribution is -2.08. The van der Waals surface area contributed by atoms with Gasteiger partial charge in [-0.1, -0.05) is 17.7 Å². The Morgan fingerprint density at radius 3 is 2.65 bits per heavy atom. The second kappa shape index (κ2) is 6.30. The van der Waals surface area contributed by atoms with Crippen LogP contribution >= 0.6 is 11.6 Å². The minimum Gasteiger partial charge on any atom is -0.462 e. The highest BCUT2D eigenvalue weighted by Crippen LogP contribution is 2.27. The second-order valence-corrected chi connectivity index (χ2v) is 4.47. The standard InChI is InChI=1S/C15H14ClNO3/c1-2-19-15(18)13-9-12(6-7-14(13)17)20-11-5-3-4-10(16)8-11/h3-9H,2,17H2,1H3. The van der Waals surface area contributed by atoms with Gasteiger partial charge in [0.1, 0.15) is 11.5 Å². The third kappa shape index (κ3) is 3.42. The van der Waals surface area contributed by atoms with E-state index in [1.165, 1.54) is 0 Å². The number of halogens is 1. The maximum atomic E-state index is 11.7. The highest BCUT2D eigenvalue weighted by Gasteiger charge is 2.12. The summed E-state index contributed by atoms with van der Waals surface area (Å²) in [5, 5.41) is 0.573. The van der Waals surface area contributed by atoms with Gasteiger partial charge in [-0.3, -0.25) is 0 Å². The summed E-state index contributed by atoms with van der Waals surface area (Å²) in [4.78, 5) is 11.7. The monoisotopic (exact) mass is 291 g/mol. The van der Waals surface area contributed by atoms with E-state index in [-0.39, 0.29) is 12.2 Å². The number of nitrogen functional groups attached to an aromatic ring is 1. The number of esters is 1. The molecule has 0 fully saturated rings. The van der Waals surface area contributed by atoms with Gasteiger partial charge in [0.15, 0.2) is 0 Å². The van der Waals surface area contributed by atoms with Gasteiger partial charge in [0, 0.05) is 10.7 Å². The molecule has 0 atom stereocenters. The Hall–Kier alpha value is -2.20. The minimum atomic E-state index is -0.471. The molecule has 5 heteroatoms. The zero-order valence-corrected chi connectivity index (χ0v) is 11.7. The molecule has 0 saturated heterocycles. The van der Waals surface area contributed by atoms with E-state index >= 15 is 0 Å². The normalized spacial score (nSPS) is 10.1. The van der Waals surface area contributed by atoms with Crippen molar-refractivity contribution in [1.82, 2.24) is 0 Å². The maximum Gasteiger partial charge on any atom is 0.340 e. The van der Waals surface area contributed by atoms with Crippen molar-refractivity contribution in [3.63, 3.8) is 0 Å². The summed E-state index contributed by atoms with van der Waals surface area (Å²) >= 11 is 5.89. The van der Waals surface area contributed by atoms with Crippen LogP contribution in [0.4, 0.5) is 5.69 Å². The lowest BCUT2D eigenvalue weighted by molar-refractivity contribution is 0.0527. The number of hydrogen-bond donors (Lipinski definition) is 1. The van der Waals surface area contributed by atoms with E-state index in [0.29, 0.717) is 22.2 Å². The van der Waals surface area contributed by atoms with E-state index in [4.69, 9.17) is 26.8 Å². The molecule has 0 amide bonds. The molecule has 0 aliphatic carbocycles. The summed E-state index contributed by atoms with van der Waals surface area (Å²) in [6.45, 7) is 2.03. The molecule has 0 aliphatic heterocycles.